The van der Waals surface area contributed by atoms with Crippen LogP contribution < -0.4 is 0 Å². The molecule has 2 aliphatic rings. The summed E-state index contributed by atoms with van der Waals surface area (Å²) in [5.41, 5.74) is 2.10. The fourth-order valence-corrected chi connectivity index (χ4v) is 4.19. The summed E-state index contributed by atoms with van der Waals surface area (Å²) in [6, 6.07) is 3.91. The van der Waals surface area contributed by atoms with Gasteiger partial charge in [0, 0.05) is 37.5 Å². The SMILES string of the molecule is Cc1nocc1C(=O)N1CC[C@H]2OCCC[C@]2(COCc2ccncc2)C1. The third-order valence-corrected chi connectivity index (χ3v) is 5.66. The standard InChI is InChI=1S/C20H25N3O4/c1-15-17(12-27-22-15)19(24)23-9-5-18-20(13-23,6-2-10-26-18)14-25-11-16-3-7-21-8-4-16/h3-4,7-8,12,18H,2,5-6,9-11,13-14H2,1H3/t18-,20-/m1/s1. The van der Waals surface area contributed by atoms with Gasteiger partial charge in [-0.25, -0.2) is 0 Å². The molecule has 2 aromatic rings. The molecular weight excluding hydrogens is 346 g/mol. The number of likely N-dealkylation sites (tertiary alicyclic amines) is 1. The fraction of sp³-hybridized carbons (Fsp3) is 0.550. The van der Waals surface area contributed by atoms with Gasteiger partial charge in [0.2, 0.25) is 0 Å². The van der Waals surface area contributed by atoms with Crippen LogP contribution in [0.5, 0.6) is 0 Å². The van der Waals surface area contributed by atoms with E-state index in [4.69, 9.17) is 14.0 Å². The highest BCUT2D eigenvalue weighted by Gasteiger charge is 2.47. The van der Waals surface area contributed by atoms with E-state index in [2.05, 4.69) is 10.1 Å². The van der Waals surface area contributed by atoms with Crippen LogP contribution in [-0.2, 0) is 16.1 Å². The van der Waals surface area contributed by atoms with E-state index in [-0.39, 0.29) is 17.4 Å². The molecule has 2 atom stereocenters. The molecule has 0 aliphatic carbocycles. The van der Waals surface area contributed by atoms with E-state index < -0.39 is 0 Å². The number of carbonyl (C=O) groups is 1. The lowest BCUT2D eigenvalue weighted by Crippen LogP contribution is -2.58. The lowest BCUT2D eigenvalue weighted by molar-refractivity contribution is -0.148. The Hall–Kier alpha value is -2.25. The molecule has 0 bridgehead atoms. The Labute approximate surface area is 158 Å². The highest BCUT2D eigenvalue weighted by atomic mass is 16.5. The van der Waals surface area contributed by atoms with Crippen molar-refractivity contribution in [3.8, 4) is 0 Å². The topological polar surface area (TPSA) is 77.7 Å². The predicted molar refractivity (Wildman–Crippen MR) is 97.1 cm³/mol. The first-order valence-corrected chi connectivity index (χ1v) is 9.46. The summed E-state index contributed by atoms with van der Waals surface area (Å²) in [5.74, 6) is -0.0220. The molecule has 0 aromatic carbocycles. The number of hydrogen-bond acceptors (Lipinski definition) is 6. The fourth-order valence-electron chi connectivity index (χ4n) is 4.19. The van der Waals surface area contributed by atoms with Crippen molar-refractivity contribution in [3.05, 3.63) is 47.6 Å². The molecule has 0 N–H and O–H groups in total. The molecule has 144 valence electrons. The Kier molecular flexibility index (Phi) is 5.22. The third kappa shape index (κ3) is 3.75. The molecule has 4 rings (SSSR count). The number of ether oxygens (including phenoxy) is 2. The normalized spacial score (nSPS) is 25.2. The Morgan fingerprint density at radius 3 is 3.04 bits per heavy atom. The summed E-state index contributed by atoms with van der Waals surface area (Å²) >= 11 is 0. The quantitative estimate of drug-likeness (QED) is 0.804. The number of nitrogens with zero attached hydrogens (tertiary/aromatic N) is 3. The van der Waals surface area contributed by atoms with E-state index in [9.17, 15) is 4.79 Å². The molecule has 4 heterocycles. The summed E-state index contributed by atoms with van der Waals surface area (Å²) in [7, 11) is 0. The van der Waals surface area contributed by atoms with E-state index in [1.54, 1.807) is 19.3 Å². The van der Waals surface area contributed by atoms with Crippen LogP contribution in [0.4, 0.5) is 0 Å². The number of pyridine rings is 1. The molecule has 0 radical (unpaired) electrons. The predicted octanol–water partition coefficient (Wildman–Crippen LogP) is 2.61. The minimum absolute atomic E-state index is 0.0220. The smallest absolute Gasteiger partial charge is 0.259 e. The molecule has 0 unspecified atom stereocenters. The number of aryl methyl sites for hydroxylation is 1. The molecule has 0 spiro atoms. The largest absolute Gasteiger partial charge is 0.377 e. The van der Waals surface area contributed by atoms with Crippen LogP contribution in [0.15, 0.2) is 35.3 Å². The van der Waals surface area contributed by atoms with Crippen molar-refractivity contribution in [3.63, 3.8) is 0 Å². The molecule has 2 saturated heterocycles. The van der Waals surface area contributed by atoms with E-state index >= 15 is 0 Å². The van der Waals surface area contributed by atoms with Crippen LogP contribution >= 0.6 is 0 Å². The van der Waals surface area contributed by atoms with Crippen LogP contribution in [0.2, 0.25) is 0 Å². The van der Waals surface area contributed by atoms with E-state index in [0.29, 0.717) is 37.6 Å². The number of aromatic nitrogens is 2. The van der Waals surface area contributed by atoms with Gasteiger partial charge in [-0.2, -0.15) is 0 Å². The number of fused-ring (bicyclic) bond motifs is 1. The maximum absolute atomic E-state index is 12.9. The van der Waals surface area contributed by atoms with Gasteiger partial charge in [0.1, 0.15) is 11.8 Å². The molecular formula is C20H25N3O4. The highest BCUT2D eigenvalue weighted by Crippen LogP contribution is 2.41. The maximum atomic E-state index is 12.9. The minimum atomic E-state index is -0.162. The highest BCUT2D eigenvalue weighted by molar-refractivity contribution is 5.94. The monoisotopic (exact) mass is 371 g/mol. The summed E-state index contributed by atoms with van der Waals surface area (Å²) in [5, 5.41) is 3.84. The third-order valence-electron chi connectivity index (χ3n) is 5.66. The maximum Gasteiger partial charge on any atom is 0.259 e. The Bertz CT molecular complexity index is 779. The van der Waals surface area contributed by atoms with Crippen molar-refractivity contribution in [2.24, 2.45) is 5.41 Å². The first kappa shape index (κ1) is 18.1. The number of amides is 1. The van der Waals surface area contributed by atoms with Gasteiger partial charge in [0.05, 0.1) is 25.0 Å². The number of piperidine rings is 1. The summed E-state index contributed by atoms with van der Waals surface area (Å²) in [6.45, 7) is 5.01. The van der Waals surface area contributed by atoms with Crippen molar-refractivity contribution in [1.29, 1.82) is 0 Å². The number of rotatable bonds is 5. The zero-order valence-corrected chi connectivity index (χ0v) is 15.6. The minimum Gasteiger partial charge on any atom is -0.377 e. The molecule has 2 aromatic heterocycles. The second kappa shape index (κ2) is 7.78. The van der Waals surface area contributed by atoms with E-state index in [1.807, 2.05) is 17.0 Å². The first-order chi connectivity index (χ1) is 13.2. The Morgan fingerprint density at radius 1 is 1.41 bits per heavy atom. The van der Waals surface area contributed by atoms with Gasteiger partial charge in [0.15, 0.2) is 0 Å². The molecule has 0 saturated carbocycles. The summed E-state index contributed by atoms with van der Waals surface area (Å²) < 4.78 is 17.1. The van der Waals surface area contributed by atoms with Crippen molar-refractivity contribution in [2.75, 3.05) is 26.3 Å². The van der Waals surface area contributed by atoms with Gasteiger partial charge in [-0.15, -0.1) is 0 Å². The molecule has 2 aliphatic heterocycles. The second-order valence-corrected chi connectivity index (χ2v) is 7.50. The van der Waals surface area contributed by atoms with Gasteiger partial charge in [0.25, 0.3) is 5.91 Å². The molecule has 7 heteroatoms. The van der Waals surface area contributed by atoms with Crippen molar-refractivity contribution in [1.82, 2.24) is 15.0 Å². The number of carbonyl (C=O) groups excluding carboxylic acids is 1. The Balaban J connectivity index is 1.46. The molecule has 2 fully saturated rings. The van der Waals surface area contributed by atoms with E-state index in [1.165, 1.54) is 6.26 Å². The van der Waals surface area contributed by atoms with Gasteiger partial charge in [-0.05, 0) is 43.9 Å². The zero-order chi connectivity index (χ0) is 18.7. The van der Waals surface area contributed by atoms with Crippen LogP contribution in [0.1, 0.15) is 40.9 Å². The van der Waals surface area contributed by atoms with E-state index in [0.717, 1.165) is 31.4 Å². The van der Waals surface area contributed by atoms with Crippen molar-refractivity contribution >= 4 is 5.91 Å². The van der Waals surface area contributed by atoms with Gasteiger partial charge in [-0.3, -0.25) is 9.78 Å². The summed E-state index contributed by atoms with van der Waals surface area (Å²) in [6.07, 6.45) is 7.93. The van der Waals surface area contributed by atoms with Crippen LogP contribution in [-0.4, -0.2) is 53.4 Å². The van der Waals surface area contributed by atoms with Crippen molar-refractivity contribution in [2.45, 2.75) is 38.9 Å². The van der Waals surface area contributed by atoms with Crippen LogP contribution in [0, 0.1) is 12.3 Å². The number of hydrogen-bond donors (Lipinski definition) is 0. The Morgan fingerprint density at radius 2 is 2.26 bits per heavy atom. The average Bonchev–Trinajstić information content (AvgIpc) is 3.13. The van der Waals surface area contributed by atoms with Crippen LogP contribution in [0.3, 0.4) is 0 Å². The average molecular weight is 371 g/mol. The molecule has 27 heavy (non-hydrogen) atoms. The molecule has 1 amide bonds. The van der Waals surface area contributed by atoms with Crippen LogP contribution in [0.25, 0.3) is 0 Å². The van der Waals surface area contributed by atoms with Crippen molar-refractivity contribution < 1.29 is 18.8 Å². The molecule has 7 nitrogen and oxygen atoms in total. The first-order valence-electron chi connectivity index (χ1n) is 9.46. The lowest BCUT2D eigenvalue weighted by atomic mass is 9.73. The van der Waals surface area contributed by atoms with Gasteiger partial charge in [-0.1, -0.05) is 5.16 Å². The zero-order valence-electron chi connectivity index (χ0n) is 15.6. The summed E-state index contributed by atoms with van der Waals surface area (Å²) in [4.78, 5) is 18.9. The van der Waals surface area contributed by atoms with Gasteiger partial charge >= 0.3 is 0 Å². The van der Waals surface area contributed by atoms with Gasteiger partial charge < -0.3 is 18.9 Å². The second-order valence-electron chi connectivity index (χ2n) is 7.50. The lowest BCUT2D eigenvalue weighted by Gasteiger charge is -2.50.